The first-order chi connectivity index (χ1) is 7.80. The van der Waals surface area contributed by atoms with Gasteiger partial charge in [-0.3, -0.25) is 9.78 Å². The molecule has 0 aliphatic heterocycles. The van der Waals surface area contributed by atoms with E-state index in [2.05, 4.69) is 14.7 Å². The Kier molecular flexibility index (Phi) is 6.75. The van der Waals surface area contributed by atoms with Crippen LogP contribution in [0.4, 0.5) is 0 Å². The molecule has 6 heteroatoms. The molecule has 0 N–H and O–H groups in total. The molecular formula is C11H20O6. The summed E-state index contributed by atoms with van der Waals surface area (Å²) in [4.78, 5) is 40.2. The van der Waals surface area contributed by atoms with Gasteiger partial charge < -0.3 is 0 Å². The maximum atomic E-state index is 11.1. The molecule has 0 fully saturated rings. The Hall–Kier alpha value is -1.14. The molecule has 0 aliphatic carbocycles. The fourth-order valence-corrected chi connectivity index (χ4v) is 0.767. The molecule has 0 amide bonds. The zero-order valence-corrected chi connectivity index (χ0v) is 10.9. The summed E-state index contributed by atoms with van der Waals surface area (Å²) >= 11 is 0. The Morgan fingerprint density at radius 3 is 1.88 bits per heavy atom. The van der Waals surface area contributed by atoms with E-state index < -0.39 is 17.5 Å². The summed E-state index contributed by atoms with van der Waals surface area (Å²) in [5.41, 5.74) is -0.688. The van der Waals surface area contributed by atoms with Gasteiger partial charge in [0, 0.05) is 0 Å². The maximum Gasteiger partial charge on any atom is 0.453 e. The van der Waals surface area contributed by atoms with E-state index in [0.29, 0.717) is 12.8 Å². The van der Waals surface area contributed by atoms with E-state index in [1.807, 2.05) is 13.8 Å². The molecule has 0 heterocycles. The van der Waals surface area contributed by atoms with E-state index in [-0.39, 0.29) is 6.10 Å². The average Bonchev–Trinajstić information content (AvgIpc) is 2.25. The second-order valence-corrected chi connectivity index (χ2v) is 4.47. The van der Waals surface area contributed by atoms with E-state index in [1.54, 1.807) is 20.8 Å². The minimum Gasteiger partial charge on any atom is -0.285 e. The Morgan fingerprint density at radius 2 is 1.47 bits per heavy atom. The molecule has 6 nitrogen and oxygen atoms in total. The zero-order valence-electron chi connectivity index (χ0n) is 10.9. The van der Waals surface area contributed by atoms with Crippen LogP contribution in [-0.4, -0.2) is 23.6 Å². The van der Waals surface area contributed by atoms with E-state index in [9.17, 15) is 9.59 Å². The summed E-state index contributed by atoms with van der Waals surface area (Å²) in [6.07, 6.45) is 1.13. The molecule has 0 aliphatic rings. The first-order valence-electron chi connectivity index (χ1n) is 5.57. The molecule has 0 aromatic rings. The molecule has 0 atom stereocenters. The van der Waals surface area contributed by atoms with Crippen LogP contribution in [0.15, 0.2) is 0 Å². The monoisotopic (exact) mass is 248 g/mol. The predicted octanol–water partition coefficient (Wildman–Crippen LogP) is 1.92. The first-order valence-corrected chi connectivity index (χ1v) is 5.57. The smallest absolute Gasteiger partial charge is 0.285 e. The van der Waals surface area contributed by atoms with E-state index in [4.69, 9.17) is 4.89 Å². The summed E-state index contributed by atoms with van der Waals surface area (Å²) in [5, 5.41) is 0. The lowest BCUT2D eigenvalue weighted by Gasteiger charge is -2.16. The molecule has 0 radical (unpaired) electrons. The van der Waals surface area contributed by atoms with E-state index >= 15 is 0 Å². The fourth-order valence-electron chi connectivity index (χ4n) is 0.767. The molecular weight excluding hydrogens is 228 g/mol. The molecule has 0 bridgehead atoms. The van der Waals surface area contributed by atoms with Gasteiger partial charge in [-0.2, -0.15) is 9.78 Å². The van der Waals surface area contributed by atoms with Crippen molar-refractivity contribution in [2.45, 2.75) is 59.2 Å². The van der Waals surface area contributed by atoms with E-state index in [0.717, 1.165) is 0 Å². The highest BCUT2D eigenvalue weighted by Gasteiger charge is 2.24. The zero-order chi connectivity index (χ0) is 13.5. The third-order valence-electron chi connectivity index (χ3n) is 1.70. The molecule has 0 saturated carbocycles. The van der Waals surface area contributed by atoms with Gasteiger partial charge in [0.25, 0.3) is 0 Å². The molecule has 0 aromatic heterocycles. The number of rotatable bonds is 5. The van der Waals surface area contributed by atoms with Crippen molar-refractivity contribution in [1.82, 2.24) is 0 Å². The second-order valence-electron chi connectivity index (χ2n) is 4.47. The number of carbonyl (C=O) groups is 2. The maximum absolute atomic E-state index is 11.1. The van der Waals surface area contributed by atoms with Crippen molar-refractivity contribution < 1.29 is 29.1 Å². The Morgan fingerprint density at radius 1 is 1.00 bits per heavy atom. The molecule has 0 saturated heterocycles. The van der Waals surface area contributed by atoms with Crippen LogP contribution >= 0.6 is 0 Å². The Balaban J connectivity index is 3.94. The SMILES string of the molecule is CCC(CC)OOC(=O)C(=O)OOC(C)(C)C. The van der Waals surface area contributed by atoms with Crippen LogP contribution in [0.1, 0.15) is 47.5 Å². The van der Waals surface area contributed by atoms with Crippen molar-refractivity contribution in [3.8, 4) is 0 Å². The van der Waals surface area contributed by atoms with Crippen LogP contribution in [0, 0.1) is 0 Å². The minimum absolute atomic E-state index is 0.227. The van der Waals surface area contributed by atoms with Crippen molar-refractivity contribution in [2.75, 3.05) is 0 Å². The summed E-state index contributed by atoms with van der Waals surface area (Å²) in [6.45, 7) is 8.77. The van der Waals surface area contributed by atoms with E-state index in [1.165, 1.54) is 0 Å². The standard InChI is InChI=1S/C11H20O6/c1-6-8(7-2)14-15-9(12)10(13)16-17-11(3,4)5/h8H,6-7H2,1-5H3. The lowest BCUT2D eigenvalue weighted by Crippen LogP contribution is -2.28. The third kappa shape index (κ3) is 7.70. The molecule has 0 unspecified atom stereocenters. The van der Waals surface area contributed by atoms with Crippen molar-refractivity contribution in [1.29, 1.82) is 0 Å². The Labute approximate surface area is 101 Å². The highest BCUT2D eigenvalue weighted by atomic mass is 17.2. The number of hydrogen-bond acceptors (Lipinski definition) is 6. The van der Waals surface area contributed by atoms with Gasteiger partial charge in [0.1, 0.15) is 11.7 Å². The van der Waals surface area contributed by atoms with Crippen molar-refractivity contribution in [2.24, 2.45) is 0 Å². The van der Waals surface area contributed by atoms with Gasteiger partial charge in [-0.05, 0) is 33.6 Å². The van der Waals surface area contributed by atoms with Crippen LogP contribution in [0.25, 0.3) is 0 Å². The molecule has 0 spiro atoms. The van der Waals surface area contributed by atoms with Crippen molar-refractivity contribution in [3.05, 3.63) is 0 Å². The van der Waals surface area contributed by atoms with Gasteiger partial charge in [-0.1, -0.05) is 13.8 Å². The van der Waals surface area contributed by atoms with Crippen molar-refractivity contribution >= 4 is 11.9 Å². The quantitative estimate of drug-likeness (QED) is 0.420. The number of hydrogen-bond donors (Lipinski definition) is 0. The predicted molar refractivity (Wildman–Crippen MR) is 58.5 cm³/mol. The second kappa shape index (κ2) is 7.24. The summed E-state index contributed by atoms with van der Waals surface area (Å²) < 4.78 is 0. The third-order valence-corrected chi connectivity index (χ3v) is 1.70. The van der Waals surface area contributed by atoms with Crippen LogP contribution in [0.5, 0.6) is 0 Å². The topological polar surface area (TPSA) is 71.1 Å². The lowest BCUT2D eigenvalue weighted by atomic mass is 10.2. The molecule has 0 rings (SSSR count). The van der Waals surface area contributed by atoms with Crippen LogP contribution in [0.3, 0.4) is 0 Å². The summed E-state index contributed by atoms with van der Waals surface area (Å²) in [5.74, 6) is -2.48. The largest absolute Gasteiger partial charge is 0.453 e. The van der Waals surface area contributed by atoms with Gasteiger partial charge in [0.05, 0.1) is 0 Å². The number of carbonyl (C=O) groups excluding carboxylic acids is 2. The summed E-state index contributed by atoms with van der Waals surface area (Å²) in [6, 6.07) is 0. The summed E-state index contributed by atoms with van der Waals surface area (Å²) in [7, 11) is 0. The van der Waals surface area contributed by atoms with Gasteiger partial charge >= 0.3 is 11.9 Å². The molecule has 0 aromatic carbocycles. The molecule has 17 heavy (non-hydrogen) atoms. The van der Waals surface area contributed by atoms with Gasteiger partial charge in [0.2, 0.25) is 0 Å². The highest BCUT2D eigenvalue weighted by molar-refractivity contribution is 6.29. The molecule has 100 valence electrons. The van der Waals surface area contributed by atoms with Gasteiger partial charge in [0.15, 0.2) is 0 Å². The van der Waals surface area contributed by atoms with Crippen LogP contribution < -0.4 is 0 Å². The van der Waals surface area contributed by atoms with Crippen LogP contribution in [-0.2, 0) is 29.1 Å². The van der Waals surface area contributed by atoms with Crippen molar-refractivity contribution in [3.63, 3.8) is 0 Å². The van der Waals surface area contributed by atoms with Gasteiger partial charge in [-0.25, -0.2) is 9.59 Å². The minimum atomic E-state index is -1.24. The Bertz CT molecular complexity index is 251. The normalized spacial score (nSPS) is 11.4. The average molecular weight is 248 g/mol. The first kappa shape index (κ1) is 15.9. The lowest BCUT2D eigenvalue weighted by molar-refractivity contribution is -0.331. The van der Waals surface area contributed by atoms with Gasteiger partial charge in [-0.15, -0.1) is 0 Å². The fraction of sp³-hybridized carbons (Fsp3) is 0.818. The highest BCUT2D eigenvalue weighted by Crippen LogP contribution is 2.08. The van der Waals surface area contributed by atoms with Crippen LogP contribution in [0.2, 0.25) is 0 Å².